The average molecular weight is 383 g/mol. The average Bonchev–Trinajstić information content (AvgIpc) is 3.54. The molecule has 4 rings (SSSR count). The van der Waals surface area contributed by atoms with E-state index in [1.54, 1.807) is 37.4 Å². The summed E-state index contributed by atoms with van der Waals surface area (Å²) in [6.45, 7) is 0. The molecule has 0 unspecified atom stereocenters. The van der Waals surface area contributed by atoms with E-state index < -0.39 is 0 Å². The van der Waals surface area contributed by atoms with Gasteiger partial charge in [-0.15, -0.1) is 6.42 Å². The van der Waals surface area contributed by atoms with E-state index in [9.17, 15) is 4.79 Å². The zero-order valence-electron chi connectivity index (χ0n) is 16.1. The second-order valence-electron chi connectivity index (χ2n) is 7.13. The first-order valence-electron chi connectivity index (χ1n) is 9.35. The summed E-state index contributed by atoms with van der Waals surface area (Å²) in [5.41, 5.74) is 9.71. The van der Waals surface area contributed by atoms with Crippen LogP contribution in [-0.2, 0) is 5.54 Å². The molecule has 0 saturated heterocycles. The number of benzene rings is 2. The lowest BCUT2D eigenvalue weighted by atomic mass is 9.99. The van der Waals surface area contributed by atoms with E-state index in [0.717, 1.165) is 35.1 Å². The molecule has 5 nitrogen and oxygen atoms in total. The van der Waals surface area contributed by atoms with Crippen LogP contribution in [0.1, 0.15) is 34.3 Å². The second kappa shape index (κ2) is 7.33. The van der Waals surface area contributed by atoms with Crippen LogP contribution in [0.3, 0.4) is 0 Å². The van der Waals surface area contributed by atoms with Crippen molar-refractivity contribution in [2.24, 2.45) is 0 Å². The van der Waals surface area contributed by atoms with Crippen LogP contribution in [0.15, 0.2) is 60.7 Å². The van der Waals surface area contributed by atoms with Gasteiger partial charge in [0.2, 0.25) is 5.88 Å². The summed E-state index contributed by atoms with van der Waals surface area (Å²) >= 11 is 0. The van der Waals surface area contributed by atoms with Gasteiger partial charge < -0.3 is 15.8 Å². The van der Waals surface area contributed by atoms with Crippen LogP contribution >= 0.6 is 0 Å². The van der Waals surface area contributed by atoms with Gasteiger partial charge in [-0.2, -0.15) is 4.98 Å². The van der Waals surface area contributed by atoms with Crippen molar-refractivity contribution in [2.45, 2.75) is 18.4 Å². The third kappa shape index (κ3) is 3.65. The Balaban J connectivity index is 1.54. The molecule has 144 valence electrons. The molecule has 5 heteroatoms. The van der Waals surface area contributed by atoms with Crippen molar-refractivity contribution >= 4 is 11.7 Å². The number of hydrogen-bond acceptors (Lipinski definition) is 4. The van der Waals surface area contributed by atoms with E-state index in [2.05, 4.69) is 16.2 Å². The van der Waals surface area contributed by atoms with Crippen molar-refractivity contribution in [1.29, 1.82) is 0 Å². The van der Waals surface area contributed by atoms with Gasteiger partial charge in [0.15, 0.2) is 0 Å². The Hall–Kier alpha value is -3.78. The highest BCUT2D eigenvalue weighted by Crippen LogP contribution is 2.46. The molecule has 1 aliphatic rings. The number of nitrogens with one attached hydrogen (secondary N) is 1. The highest BCUT2D eigenvalue weighted by atomic mass is 16.5. The van der Waals surface area contributed by atoms with Crippen LogP contribution in [0.5, 0.6) is 5.88 Å². The van der Waals surface area contributed by atoms with Crippen molar-refractivity contribution in [3.63, 3.8) is 0 Å². The van der Waals surface area contributed by atoms with Crippen LogP contribution in [-0.4, -0.2) is 18.0 Å². The molecule has 0 atom stereocenters. The number of aromatic nitrogens is 1. The highest BCUT2D eigenvalue weighted by molar-refractivity contribution is 5.95. The second-order valence-corrected chi connectivity index (χ2v) is 7.13. The maximum atomic E-state index is 12.7. The van der Waals surface area contributed by atoms with Crippen LogP contribution in [0.4, 0.5) is 5.82 Å². The van der Waals surface area contributed by atoms with Gasteiger partial charge in [0, 0.05) is 16.7 Å². The van der Waals surface area contributed by atoms with Gasteiger partial charge in [0.25, 0.3) is 5.91 Å². The minimum atomic E-state index is -0.316. The number of hydrogen-bond donors (Lipinski definition) is 2. The summed E-state index contributed by atoms with van der Waals surface area (Å²) in [6.07, 6.45) is 7.19. The predicted molar refractivity (Wildman–Crippen MR) is 113 cm³/mol. The summed E-state index contributed by atoms with van der Waals surface area (Å²) in [4.78, 5) is 16.9. The lowest BCUT2D eigenvalue weighted by molar-refractivity contribution is 0.0931. The molecule has 3 aromatic rings. The van der Waals surface area contributed by atoms with E-state index in [1.165, 1.54) is 0 Å². The molecule has 3 N–H and O–H groups in total. The first-order valence-corrected chi connectivity index (χ1v) is 9.35. The summed E-state index contributed by atoms with van der Waals surface area (Å²) in [6, 6.07) is 18.8. The minimum absolute atomic E-state index is 0.0976. The van der Waals surface area contributed by atoms with Crippen LogP contribution in [0.2, 0.25) is 0 Å². The van der Waals surface area contributed by atoms with Gasteiger partial charge >= 0.3 is 0 Å². The Morgan fingerprint density at radius 2 is 1.79 bits per heavy atom. The van der Waals surface area contributed by atoms with E-state index >= 15 is 0 Å². The Bertz CT molecular complexity index is 1090. The molecule has 0 spiro atoms. The van der Waals surface area contributed by atoms with Gasteiger partial charge in [0.1, 0.15) is 5.82 Å². The van der Waals surface area contributed by atoms with E-state index in [4.69, 9.17) is 16.9 Å². The quantitative estimate of drug-likeness (QED) is 0.658. The summed E-state index contributed by atoms with van der Waals surface area (Å²) < 4.78 is 5.35. The zero-order chi connectivity index (χ0) is 20.4. The van der Waals surface area contributed by atoms with Crippen molar-refractivity contribution < 1.29 is 9.53 Å². The number of nitrogens with two attached hydrogens (primary N) is 1. The van der Waals surface area contributed by atoms with Crippen molar-refractivity contribution in [1.82, 2.24) is 10.3 Å². The molecule has 1 fully saturated rings. The third-order valence-corrected chi connectivity index (χ3v) is 5.24. The first-order chi connectivity index (χ1) is 14.0. The number of amides is 1. The Labute approximate surface area is 169 Å². The molecular weight excluding hydrogens is 362 g/mol. The molecule has 1 aliphatic carbocycles. The number of rotatable bonds is 5. The van der Waals surface area contributed by atoms with Gasteiger partial charge in [-0.1, -0.05) is 30.2 Å². The van der Waals surface area contributed by atoms with Crippen LogP contribution in [0.25, 0.3) is 11.1 Å². The highest BCUT2D eigenvalue weighted by Gasteiger charge is 2.45. The monoisotopic (exact) mass is 383 g/mol. The fraction of sp³-hybridized carbons (Fsp3) is 0.167. The Kier molecular flexibility index (Phi) is 4.69. The summed E-state index contributed by atoms with van der Waals surface area (Å²) in [7, 11) is 1.57. The van der Waals surface area contributed by atoms with Gasteiger partial charge in [-0.25, -0.2) is 0 Å². The number of nitrogen functional groups attached to an aromatic ring is 1. The fourth-order valence-corrected chi connectivity index (χ4v) is 3.42. The maximum absolute atomic E-state index is 12.7. The summed E-state index contributed by atoms with van der Waals surface area (Å²) in [5.74, 6) is 3.36. The minimum Gasteiger partial charge on any atom is -0.480 e. The van der Waals surface area contributed by atoms with E-state index in [0.29, 0.717) is 17.3 Å². The molecule has 1 saturated carbocycles. The SMILES string of the molecule is C#Cc1ccc(C(=O)NC2(c3ccc(-c4ccc(N)nc4OC)cc3)CC2)cc1. The number of carbonyl (C=O) groups excluding carboxylic acids is 1. The van der Waals surface area contributed by atoms with E-state index in [1.807, 2.05) is 30.3 Å². The molecule has 29 heavy (non-hydrogen) atoms. The van der Waals surface area contributed by atoms with Gasteiger partial charge in [-0.3, -0.25) is 4.79 Å². The zero-order valence-corrected chi connectivity index (χ0v) is 16.1. The smallest absolute Gasteiger partial charge is 0.251 e. The Morgan fingerprint density at radius 1 is 1.10 bits per heavy atom. The number of methoxy groups -OCH3 is 1. The number of ether oxygens (including phenoxy) is 1. The molecule has 0 aliphatic heterocycles. The standard InChI is InChI=1S/C24H21N3O2/c1-3-16-4-6-18(7-5-16)22(28)27-24(14-15-24)19-10-8-17(9-11-19)20-12-13-21(25)26-23(20)29-2/h1,4-13H,14-15H2,2H3,(H2,25,26)(H,27,28). The molecule has 2 aromatic carbocycles. The topological polar surface area (TPSA) is 77.2 Å². The maximum Gasteiger partial charge on any atom is 0.251 e. The number of carbonyl (C=O) groups is 1. The van der Waals surface area contributed by atoms with Crippen LogP contribution in [0, 0.1) is 12.3 Å². The largest absolute Gasteiger partial charge is 0.480 e. The molecular formula is C24H21N3O2. The molecule has 1 aromatic heterocycles. The molecule has 0 radical (unpaired) electrons. The molecule has 0 bridgehead atoms. The molecule has 1 heterocycles. The lowest BCUT2D eigenvalue weighted by Crippen LogP contribution is -2.34. The third-order valence-electron chi connectivity index (χ3n) is 5.24. The normalized spacial score (nSPS) is 13.9. The lowest BCUT2D eigenvalue weighted by Gasteiger charge is -2.19. The number of terminal acetylenes is 1. The summed E-state index contributed by atoms with van der Waals surface area (Å²) in [5, 5.41) is 3.18. The van der Waals surface area contributed by atoms with Crippen molar-refractivity contribution in [3.05, 3.63) is 77.4 Å². The van der Waals surface area contributed by atoms with E-state index in [-0.39, 0.29) is 11.4 Å². The van der Waals surface area contributed by atoms with Crippen LogP contribution < -0.4 is 15.8 Å². The number of pyridine rings is 1. The van der Waals surface area contributed by atoms with Crippen molar-refractivity contribution in [3.8, 4) is 29.4 Å². The predicted octanol–water partition coefficient (Wildman–Crippen LogP) is 3.74. The van der Waals surface area contributed by atoms with Crippen molar-refractivity contribution in [2.75, 3.05) is 12.8 Å². The van der Waals surface area contributed by atoms with Gasteiger partial charge in [0.05, 0.1) is 12.6 Å². The molecule has 1 amide bonds. The number of nitrogens with zero attached hydrogens (tertiary/aromatic N) is 1. The number of anilines is 1. The van der Waals surface area contributed by atoms with Gasteiger partial charge in [-0.05, 0) is 60.4 Å². The Morgan fingerprint density at radius 3 is 2.38 bits per heavy atom. The fourth-order valence-electron chi connectivity index (χ4n) is 3.42. The first kappa shape index (κ1) is 18.6.